The van der Waals surface area contributed by atoms with Crippen molar-refractivity contribution >= 4 is 8.41 Å². The van der Waals surface area contributed by atoms with E-state index in [4.69, 9.17) is 11.8 Å². The number of rotatable bonds is 0. The Labute approximate surface area is 78.3 Å². The van der Waals surface area contributed by atoms with Gasteiger partial charge in [0.15, 0.2) is 0 Å². The molecule has 0 radical (unpaired) electrons. The predicted octanol–water partition coefficient (Wildman–Crippen LogP) is -7.35. The zero-order valence-corrected chi connectivity index (χ0v) is 6.95. The molecule has 0 heterocycles. The quantitative estimate of drug-likeness (QED) is 0.212. The summed E-state index contributed by atoms with van der Waals surface area (Å²) in [6, 6.07) is 0. The van der Waals surface area contributed by atoms with E-state index in [0.717, 1.165) is 0 Å². The first-order valence-corrected chi connectivity index (χ1v) is 0.224. The van der Waals surface area contributed by atoms with Crippen molar-refractivity contribution in [1.82, 2.24) is 0 Å². The van der Waals surface area contributed by atoms with Crippen LogP contribution in [0.3, 0.4) is 0 Å². The third kappa shape index (κ3) is 29.0. The van der Waals surface area contributed by atoms with Gasteiger partial charge in [-0.05, 0) is 0 Å². The van der Waals surface area contributed by atoms with Gasteiger partial charge in [-0.25, -0.2) is 0 Å². The average Bonchev–Trinajstić information content (AvgIpc) is 1.00. The van der Waals surface area contributed by atoms with Crippen LogP contribution in [0.2, 0.25) is 0 Å². The standard InChI is InChI=1S/CN.BH4.2Na/c1-2;;;/h;1H4;;/q2*-1;2*+1. The zero-order valence-electron chi connectivity index (χ0n) is 2.95. The van der Waals surface area contributed by atoms with Gasteiger partial charge in [0.1, 0.15) is 0 Å². The van der Waals surface area contributed by atoms with Crippen LogP contribution in [0.1, 0.15) is 0 Å². The van der Waals surface area contributed by atoms with Crippen LogP contribution in [0.5, 0.6) is 0 Å². The van der Waals surface area contributed by atoms with Crippen LogP contribution in [0.4, 0.5) is 0 Å². The van der Waals surface area contributed by atoms with E-state index in [1.165, 1.54) is 0 Å². The van der Waals surface area contributed by atoms with Gasteiger partial charge in [0.2, 0.25) is 0 Å². The van der Waals surface area contributed by atoms with Gasteiger partial charge in [-0.15, -0.1) is 0 Å². The van der Waals surface area contributed by atoms with Crippen LogP contribution in [-0.2, 0) is 0 Å². The first-order valence-electron chi connectivity index (χ1n) is 0.224. The minimum atomic E-state index is 0. The molecule has 0 atom stereocenters. The molecule has 4 heteroatoms. The van der Waals surface area contributed by atoms with Gasteiger partial charge in [0.05, 0.1) is 0 Å². The van der Waals surface area contributed by atoms with Gasteiger partial charge in [0.25, 0.3) is 0 Å². The molecule has 0 bridgehead atoms. The molecule has 0 saturated carbocycles. The van der Waals surface area contributed by atoms with E-state index in [0.29, 0.717) is 0 Å². The molecule has 0 rings (SSSR count). The van der Waals surface area contributed by atoms with Crippen molar-refractivity contribution in [3.8, 4) is 0 Å². The normalized spacial score (nSPS) is 0.400. The van der Waals surface area contributed by atoms with Gasteiger partial charge in [-0.3, -0.25) is 0 Å². The molecule has 0 spiro atoms. The summed E-state index contributed by atoms with van der Waals surface area (Å²) in [5.74, 6) is 0. The Bertz CT molecular complexity index is 14.4. The zero-order chi connectivity index (χ0) is 2.00. The Balaban J connectivity index is -0.00000000167. The molecule has 5 heavy (non-hydrogen) atoms. The summed E-state index contributed by atoms with van der Waals surface area (Å²) in [7, 11) is 0. The van der Waals surface area contributed by atoms with Gasteiger partial charge < -0.3 is 11.8 Å². The smallest absolute Gasteiger partial charge is 0.512 e. The third-order valence-corrected chi connectivity index (χ3v) is 0. The average molecular weight is 86.8 g/mol. The molecule has 0 N–H and O–H groups in total. The van der Waals surface area contributed by atoms with Gasteiger partial charge in [-0.1, -0.05) is 8.41 Å². The van der Waals surface area contributed by atoms with E-state index >= 15 is 0 Å². The second-order valence-electron chi connectivity index (χ2n) is 0. The first kappa shape index (κ1) is 31.0. The van der Waals surface area contributed by atoms with E-state index < -0.39 is 0 Å². The molecule has 0 aromatic carbocycles. The molecule has 0 aliphatic rings. The number of hydrogen-bond acceptors (Lipinski definition) is 1. The van der Waals surface area contributed by atoms with Crippen molar-refractivity contribution < 1.29 is 59.1 Å². The molecule has 0 aromatic heterocycles. The Morgan fingerprint density at radius 3 is 1.00 bits per heavy atom. The summed E-state index contributed by atoms with van der Waals surface area (Å²) in [4.78, 5) is 0. The molecular formula is CH4BNNa2. The number of hydrogen-bond donors (Lipinski definition) is 0. The molecule has 1 nitrogen and oxygen atoms in total. The maximum atomic E-state index is 6.25. The second kappa shape index (κ2) is 47.7. The van der Waals surface area contributed by atoms with Crippen LogP contribution < -0.4 is 59.1 Å². The predicted molar refractivity (Wildman–Crippen MR) is 16.3 cm³/mol. The molecule has 18 valence electrons. The van der Waals surface area contributed by atoms with E-state index in [1.54, 1.807) is 0 Å². The Kier molecular flexibility index (Phi) is 295. The Morgan fingerprint density at radius 1 is 1.00 bits per heavy atom. The Hall–Kier alpha value is 1.55. The molecule has 0 saturated heterocycles. The fourth-order valence-electron chi connectivity index (χ4n) is 0. The second-order valence-corrected chi connectivity index (χ2v) is 0. The summed E-state index contributed by atoms with van der Waals surface area (Å²) in [5.41, 5.74) is 0. The topological polar surface area (TPSA) is 23.8 Å². The van der Waals surface area contributed by atoms with Gasteiger partial charge in [0, 0.05) is 0 Å². The SMILES string of the molecule is [BH4-].[C-]#N.[Na+].[Na+]. The van der Waals surface area contributed by atoms with E-state index in [9.17, 15) is 0 Å². The maximum Gasteiger partial charge on any atom is 1.00 e. The summed E-state index contributed by atoms with van der Waals surface area (Å²) in [6.07, 6.45) is 0. The van der Waals surface area contributed by atoms with E-state index in [-0.39, 0.29) is 67.5 Å². The Morgan fingerprint density at radius 2 is 1.00 bits per heavy atom. The van der Waals surface area contributed by atoms with Crippen LogP contribution in [0.15, 0.2) is 0 Å². The molecule has 0 unspecified atom stereocenters. The minimum Gasteiger partial charge on any atom is -0.512 e. The van der Waals surface area contributed by atoms with Crippen LogP contribution in [0, 0.1) is 11.8 Å². The van der Waals surface area contributed by atoms with Crippen molar-refractivity contribution in [2.75, 3.05) is 0 Å². The maximum absolute atomic E-state index is 6.25. The van der Waals surface area contributed by atoms with Crippen LogP contribution in [0.25, 0.3) is 0 Å². The van der Waals surface area contributed by atoms with Gasteiger partial charge in [-0.2, -0.15) is 0 Å². The summed E-state index contributed by atoms with van der Waals surface area (Å²) >= 11 is 0. The molecule has 0 aliphatic carbocycles. The summed E-state index contributed by atoms with van der Waals surface area (Å²) in [6.45, 7) is 4.75. The minimum absolute atomic E-state index is 0. The number of nitrogens with zero attached hydrogens (tertiary/aromatic N) is 1. The molecular weight excluding hydrogens is 82.8 g/mol. The van der Waals surface area contributed by atoms with Crippen molar-refractivity contribution in [3.05, 3.63) is 6.57 Å². The fourth-order valence-corrected chi connectivity index (χ4v) is 0. The van der Waals surface area contributed by atoms with Crippen molar-refractivity contribution in [2.24, 2.45) is 0 Å². The van der Waals surface area contributed by atoms with Crippen LogP contribution in [-0.4, -0.2) is 8.41 Å². The fraction of sp³-hybridized carbons (Fsp3) is 0. The molecule has 0 aromatic rings. The van der Waals surface area contributed by atoms with Crippen molar-refractivity contribution in [1.29, 1.82) is 5.26 Å². The van der Waals surface area contributed by atoms with Crippen molar-refractivity contribution in [2.45, 2.75) is 0 Å². The summed E-state index contributed by atoms with van der Waals surface area (Å²) < 4.78 is 0. The van der Waals surface area contributed by atoms with Gasteiger partial charge >= 0.3 is 59.1 Å². The summed E-state index contributed by atoms with van der Waals surface area (Å²) in [5, 5.41) is 6.25. The van der Waals surface area contributed by atoms with E-state index in [1.807, 2.05) is 0 Å². The molecule has 0 fully saturated rings. The largest absolute Gasteiger partial charge is 1.00 e. The first-order chi connectivity index (χ1) is 1.00. The molecule has 0 amide bonds. The van der Waals surface area contributed by atoms with E-state index in [2.05, 4.69) is 0 Å². The van der Waals surface area contributed by atoms with Crippen LogP contribution >= 0.6 is 0 Å². The third-order valence-electron chi connectivity index (χ3n) is 0. The molecule has 0 aliphatic heterocycles. The van der Waals surface area contributed by atoms with Crippen molar-refractivity contribution in [3.63, 3.8) is 0 Å². The monoisotopic (exact) mass is 87.0 g/mol.